The SMILES string of the molecule is CNc1ccc(Cc2cc3c(cc2Cl)CO[C@]32O[C@H]([C@@H](C)O)[C@@H](O)[C@H](O)[C@H]2O)cc1C. The molecule has 2 heterocycles. The molecule has 0 aliphatic carbocycles. The Morgan fingerprint density at radius 3 is 2.58 bits per heavy atom. The van der Waals surface area contributed by atoms with Gasteiger partial charge < -0.3 is 35.2 Å². The first-order valence-corrected chi connectivity index (χ1v) is 10.7. The van der Waals surface area contributed by atoms with Gasteiger partial charge in [0.1, 0.15) is 24.4 Å². The molecule has 1 saturated heterocycles. The molecule has 31 heavy (non-hydrogen) atoms. The second kappa shape index (κ2) is 8.33. The van der Waals surface area contributed by atoms with E-state index in [0.717, 1.165) is 27.9 Å². The Kier molecular flexibility index (Phi) is 6.04. The van der Waals surface area contributed by atoms with E-state index in [1.807, 2.05) is 32.2 Å². The Balaban J connectivity index is 1.73. The molecule has 0 bridgehead atoms. The van der Waals surface area contributed by atoms with E-state index in [1.165, 1.54) is 6.92 Å². The molecule has 2 aromatic carbocycles. The van der Waals surface area contributed by atoms with Gasteiger partial charge in [0.05, 0.1) is 12.7 Å². The van der Waals surface area contributed by atoms with Gasteiger partial charge in [-0.05, 0) is 60.7 Å². The topological polar surface area (TPSA) is 111 Å². The van der Waals surface area contributed by atoms with Crippen LogP contribution in [0.5, 0.6) is 0 Å². The van der Waals surface area contributed by atoms with Crippen LogP contribution in [0.1, 0.15) is 34.7 Å². The lowest BCUT2D eigenvalue weighted by Crippen LogP contribution is -2.64. The van der Waals surface area contributed by atoms with Crippen molar-refractivity contribution in [3.8, 4) is 0 Å². The lowest BCUT2D eigenvalue weighted by atomic mass is 9.85. The summed E-state index contributed by atoms with van der Waals surface area (Å²) in [6.07, 6.45) is -6.19. The molecule has 2 aromatic rings. The first-order valence-electron chi connectivity index (χ1n) is 10.3. The van der Waals surface area contributed by atoms with Crippen molar-refractivity contribution in [3.05, 3.63) is 63.2 Å². The number of anilines is 1. The molecule has 2 aliphatic rings. The minimum absolute atomic E-state index is 0.123. The van der Waals surface area contributed by atoms with E-state index < -0.39 is 36.3 Å². The van der Waals surface area contributed by atoms with Crippen LogP contribution in [0.3, 0.4) is 0 Å². The molecule has 8 heteroatoms. The van der Waals surface area contributed by atoms with Gasteiger partial charge in [0.2, 0.25) is 5.79 Å². The third-order valence-corrected chi connectivity index (χ3v) is 6.58. The minimum atomic E-state index is -1.69. The molecule has 0 aromatic heterocycles. The maximum Gasteiger partial charge on any atom is 0.225 e. The van der Waals surface area contributed by atoms with Gasteiger partial charge >= 0.3 is 0 Å². The van der Waals surface area contributed by atoms with Crippen LogP contribution in [0.2, 0.25) is 5.02 Å². The molecule has 0 saturated carbocycles. The fourth-order valence-corrected chi connectivity index (χ4v) is 4.76. The number of halogens is 1. The van der Waals surface area contributed by atoms with E-state index in [2.05, 4.69) is 11.4 Å². The molecule has 168 valence electrons. The van der Waals surface area contributed by atoms with Crippen molar-refractivity contribution in [3.63, 3.8) is 0 Å². The Labute approximate surface area is 186 Å². The summed E-state index contributed by atoms with van der Waals surface area (Å²) < 4.78 is 11.8. The molecule has 5 N–H and O–H groups in total. The van der Waals surface area contributed by atoms with Crippen molar-refractivity contribution in [1.29, 1.82) is 0 Å². The smallest absolute Gasteiger partial charge is 0.225 e. The second-order valence-electron chi connectivity index (χ2n) is 8.38. The van der Waals surface area contributed by atoms with Crippen LogP contribution in [0.25, 0.3) is 0 Å². The molecule has 2 aliphatic heterocycles. The summed E-state index contributed by atoms with van der Waals surface area (Å²) >= 11 is 6.55. The summed E-state index contributed by atoms with van der Waals surface area (Å²) in [7, 11) is 1.88. The number of benzene rings is 2. The molecule has 1 spiro atoms. The first-order chi connectivity index (χ1) is 14.7. The van der Waals surface area contributed by atoms with Crippen LogP contribution in [0.15, 0.2) is 30.3 Å². The Morgan fingerprint density at radius 1 is 1.19 bits per heavy atom. The number of fused-ring (bicyclic) bond motifs is 2. The van der Waals surface area contributed by atoms with Gasteiger partial charge in [0.25, 0.3) is 0 Å². The number of hydrogen-bond acceptors (Lipinski definition) is 7. The van der Waals surface area contributed by atoms with Crippen LogP contribution in [-0.2, 0) is 28.3 Å². The zero-order valence-electron chi connectivity index (χ0n) is 17.7. The van der Waals surface area contributed by atoms with Crippen LogP contribution in [0, 0.1) is 6.92 Å². The molecule has 1 fully saturated rings. The van der Waals surface area contributed by atoms with Crippen molar-refractivity contribution in [1.82, 2.24) is 0 Å². The molecule has 0 radical (unpaired) electrons. The van der Waals surface area contributed by atoms with E-state index in [-0.39, 0.29) is 6.61 Å². The zero-order chi connectivity index (χ0) is 22.5. The molecular formula is C23H28ClNO6. The standard InChI is InChI=1S/C23H28ClNO6/c1-11-6-13(4-5-18(11)25-3)7-14-8-16-15(9-17(14)24)10-30-23(16)22(29)20(28)19(27)21(31-23)12(2)26/h4-6,8-9,12,19-22,25-29H,7,10H2,1-3H3/t12-,19+,20+,21-,22-,23+/m1/s1. The Morgan fingerprint density at radius 2 is 1.94 bits per heavy atom. The number of aliphatic hydroxyl groups is 4. The van der Waals surface area contributed by atoms with Crippen LogP contribution in [-0.4, -0.2) is 58.0 Å². The largest absolute Gasteiger partial charge is 0.391 e. The number of aliphatic hydroxyl groups excluding tert-OH is 4. The van der Waals surface area contributed by atoms with Crippen LogP contribution in [0.4, 0.5) is 5.69 Å². The summed E-state index contributed by atoms with van der Waals surface area (Å²) in [6, 6.07) is 9.70. The number of nitrogens with one attached hydrogen (secondary N) is 1. The van der Waals surface area contributed by atoms with Gasteiger partial charge in [-0.3, -0.25) is 0 Å². The highest BCUT2D eigenvalue weighted by molar-refractivity contribution is 6.31. The second-order valence-corrected chi connectivity index (χ2v) is 8.79. The normalized spacial score (nSPS) is 31.0. The van der Waals surface area contributed by atoms with E-state index in [9.17, 15) is 20.4 Å². The average Bonchev–Trinajstić information content (AvgIpc) is 3.07. The summed E-state index contributed by atoms with van der Waals surface area (Å²) in [5.41, 5.74) is 5.30. The van der Waals surface area contributed by atoms with Crippen LogP contribution < -0.4 is 5.32 Å². The number of aryl methyl sites for hydroxylation is 1. The summed E-state index contributed by atoms with van der Waals surface area (Å²) in [5.74, 6) is -1.69. The van der Waals surface area contributed by atoms with E-state index >= 15 is 0 Å². The van der Waals surface area contributed by atoms with Crippen molar-refractivity contribution in [2.45, 2.75) is 63.2 Å². The van der Waals surface area contributed by atoms with Crippen molar-refractivity contribution < 1.29 is 29.9 Å². The molecule has 4 rings (SSSR count). The summed E-state index contributed by atoms with van der Waals surface area (Å²) in [5, 5.41) is 45.3. The fourth-order valence-electron chi connectivity index (χ4n) is 4.51. The third kappa shape index (κ3) is 3.74. The third-order valence-electron chi connectivity index (χ3n) is 6.23. The highest BCUT2D eigenvalue weighted by Crippen LogP contribution is 2.47. The number of rotatable bonds is 4. The van der Waals surface area contributed by atoms with Crippen molar-refractivity contribution >= 4 is 17.3 Å². The van der Waals surface area contributed by atoms with Gasteiger partial charge in [0.15, 0.2) is 0 Å². The van der Waals surface area contributed by atoms with Gasteiger partial charge in [-0.15, -0.1) is 0 Å². The minimum Gasteiger partial charge on any atom is -0.391 e. The van der Waals surface area contributed by atoms with Gasteiger partial charge in [-0.25, -0.2) is 0 Å². The van der Waals surface area contributed by atoms with Crippen molar-refractivity contribution in [2.24, 2.45) is 0 Å². The molecule has 7 nitrogen and oxygen atoms in total. The van der Waals surface area contributed by atoms with Crippen LogP contribution >= 0.6 is 11.6 Å². The first kappa shape index (κ1) is 22.5. The molecule has 0 unspecified atom stereocenters. The lowest BCUT2D eigenvalue weighted by molar-refractivity contribution is -0.374. The molecule has 0 amide bonds. The molecule has 6 atom stereocenters. The van der Waals surface area contributed by atoms with E-state index in [4.69, 9.17) is 21.1 Å². The maximum atomic E-state index is 10.8. The number of ether oxygens (including phenoxy) is 2. The summed E-state index contributed by atoms with van der Waals surface area (Å²) in [6.45, 7) is 3.60. The van der Waals surface area contributed by atoms with E-state index in [1.54, 1.807) is 6.07 Å². The average molecular weight is 450 g/mol. The van der Waals surface area contributed by atoms with Gasteiger partial charge in [-0.1, -0.05) is 23.7 Å². The quantitative estimate of drug-likeness (QED) is 0.484. The maximum absolute atomic E-state index is 10.8. The number of hydrogen-bond donors (Lipinski definition) is 5. The Bertz CT molecular complexity index is 983. The zero-order valence-corrected chi connectivity index (χ0v) is 18.4. The summed E-state index contributed by atoms with van der Waals surface area (Å²) in [4.78, 5) is 0. The highest BCUT2D eigenvalue weighted by Gasteiger charge is 2.59. The fraction of sp³-hybridized carbons (Fsp3) is 0.478. The van der Waals surface area contributed by atoms with E-state index in [0.29, 0.717) is 17.0 Å². The van der Waals surface area contributed by atoms with Gasteiger partial charge in [0, 0.05) is 23.3 Å². The molecular weight excluding hydrogens is 422 g/mol. The van der Waals surface area contributed by atoms with Gasteiger partial charge in [-0.2, -0.15) is 0 Å². The predicted octanol–water partition coefficient (Wildman–Crippen LogP) is 1.83. The lowest BCUT2D eigenvalue weighted by Gasteiger charge is -2.47. The predicted molar refractivity (Wildman–Crippen MR) is 116 cm³/mol. The Hall–Kier alpha value is -1.71. The monoisotopic (exact) mass is 449 g/mol. The highest BCUT2D eigenvalue weighted by atomic mass is 35.5. The van der Waals surface area contributed by atoms with Crippen molar-refractivity contribution in [2.75, 3.05) is 12.4 Å².